The predicted molar refractivity (Wildman–Crippen MR) is 113 cm³/mol. The minimum Gasteiger partial charge on any atom is -0.309 e. The number of likely N-dealkylation sites (N-methyl/N-ethyl adjacent to an activating group) is 1. The van der Waals surface area contributed by atoms with Crippen LogP contribution in [0.5, 0.6) is 0 Å². The largest absolute Gasteiger partial charge is 0.309 e. The molecule has 3 rings (SSSR count). The van der Waals surface area contributed by atoms with E-state index in [9.17, 15) is 14.9 Å². The van der Waals surface area contributed by atoms with Gasteiger partial charge < -0.3 is 9.47 Å². The van der Waals surface area contributed by atoms with Crippen LogP contribution in [0.25, 0.3) is 11.0 Å². The molecule has 0 saturated heterocycles. The van der Waals surface area contributed by atoms with Crippen LogP contribution in [0.4, 0.5) is 11.6 Å². The van der Waals surface area contributed by atoms with E-state index >= 15 is 0 Å². The first kappa shape index (κ1) is 20.5. The normalized spacial score (nSPS) is 11.1. The monoisotopic (exact) mass is 395 g/mol. The number of amides is 1. The second kappa shape index (κ2) is 9.29. The Bertz CT molecular complexity index is 1010. The maximum atomic E-state index is 12.6. The Morgan fingerprint density at radius 1 is 1.14 bits per heavy atom. The van der Waals surface area contributed by atoms with E-state index in [-0.39, 0.29) is 18.0 Å². The first-order valence-electron chi connectivity index (χ1n) is 9.73. The summed E-state index contributed by atoms with van der Waals surface area (Å²) >= 11 is 0. The number of nitrogens with one attached hydrogen (secondary N) is 1. The molecule has 0 atom stereocenters. The summed E-state index contributed by atoms with van der Waals surface area (Å²) in [6.45, 7) is 7.64. The van der Waals surface area contributed by atoms with E-state index in [1.54, 1.807) is 18.2 Å². The third-order valence-electron chi connectivity index (χ3n) is 4.98. The molecule has 2 aromatic carbocycles. The molecule has 0 aliphatic heterocycles. The van der Waals surface area contributed by atoms with E-state index in [1.165, 1.54) is 6.07 Å². The summed E-state index contributed by atoms with van der Waals surface area (Å²) < 4.78 is 1.99. The molecule has 0 aliphatic carbocycles. The van der Waals surface area contributed by atoms with Gasteiger partial charge >= 0.3 is 0 Å². The number of nitro groups is 1. The number of nitrogens with zero attached hydrogens (tertiary/aromatic N) is 4. The van der Waals surface area contributed by atoms with Crippen molar-refractivity contribution in [1.82, 2.24) is 14.5 Å². The molecule has 1 amide bonds. The summed E-state index contributed by atoms with van der Waals surface area (Å²) in [4.78, 5) is 30.2. The Hall–Kier alpha value is -3.26. The fourth-order valence-corrected chi connectivity index (χ4v) is 3.36. The first-order chi connectivity index (χ1) is 14.0. The predicted octanol–water partition coefficient (Wildman–Crippen LogP) is 3.47. The zero-order chi connectivity index (χ0) is 20.8. The first-order valence-corrected chi connectivity index (χ1v) is 9.73. The van der Waals surface area contributed by atoms with Crippen molar-refractivity contribution in [3.63, 3.8) is 0 Å². The number of aromatic nitrogens is 2. The average molecular weight is 395 g/mol. The molecule has 0 radical (unpaired) electrons. The molecule has 0 unspecified atom stereocenters. The van der Waals surface area contributed by atoms with Gasteiger partial charge in [-0.25, -0.2) is 4.98 Å². The average Bonchev–Trinajstić information content (AvgIpc) is 3.06. The van der Waals surface area contributed by atoms with Gasteiger partial charge in [-0.1, -0.05) is 44.2 Å². The molecule has 0 bridgehead atoms. The summed E-state index contributed by atoms with van der Waals surface area (Å²) in [5.74, 6) is 0.126. The van der Waals surface area contributed by atoms with Crippen LogP contribution in [0, 0.1) is 10.1 Å². The van der Waals surface area contributed by atoms with Gasteiger partial charge in [-0.15, -0.1) is 0 Å². The molecule has 0 fully saturated rings. The fourth-order valence-electron chi connectivity index (χ4n) is 3.36. The number of hydrogen-bond acceptors (Lipinski definition) is 5. The molecule has 8 nitrogen and oxygen atoms in total. The van der Waals surface area contributed by atoms with Gasteiger partial charge in [0.25, 0.3) is 5.69 Å². The van der Waals surface area contributed by atoms with Crippen LogP contribution in [-0.2, 0) is 17.8 Å². The number of anilines is 1. The van der Waals surface area contributed by atoms with Crippen molar-refractivity contribution in [1.29, 1.82) is 0 Å². The van der Waals surface area contributed by atoms with Crippen molar-refractivity contribution in [2.24, 2.45) is 0 Å². The highest BCUT2D eigenvalue weighted by atomic mass is 16.6. The number of para-hydroxylation sites is 3. The smallest absolute Gasteiger partial charge is 0.273 e. The van der Waals surface area contributed by atoms with Gasteiger partial charge in [0.15, 0.2) is 0 Å². The number of benzene rings is 2. The van der Waals surface area contributed by atoms with Crippen molar-refractivity contribution < 1.29 is 9.72 Å². The maximum Gasteiger partial charge on any atom is 0.273 e. The third kappa shape index (κ3) is 4.78. The van der Waals surface area contributed by atoms with Gasteiger partial charge in [0.1, 0.15) is 0 Å². The topological polar surface area (TPSA) is 93.3 Å². The van der Waals surface area contributed by atoms with Crippen molar-refractivity contribution in [3.8, 4) is 0 Å². The Morgan fingerprint density at radius 2 is 1.83 bits per heavy atom. The van der Waals surface area contributed by atoms with Crippen molar-refractivity contribution in [2.75, 3.05) is 25.0 Å². The van der Waals surface area contributed by atoms with Crippen LogP contribution < -0.4 is 5.32 Å². The van der Waals surface area contributed by atoms with Gasteiger partial charge in [0.2, 0.25) is 11.9 Å². The Balaban J connectivity index is 1.83. The molecule has 152 valence electrons. The lowest BCUT2D eigenvalue weighted by molar-refractivity contribution is -0.385. The van der Waals surface area contributed by atoms with Crippen LogP contribution in [-0.4, -0.2) is 44.9 Å². The molecule has 1 N–H and O–H groups in total. The van der Waals surface area contributed by atoms with Crippen LogP contribution in [0.2, 0.25) is 0 Å². The Labute approximate surface area is 169 Å². The summed E-state index contributed by atoms with van der Waals surface area (Å²) in [7, 11) is 0. The van der Waals surface area contributed by atoms with Gasteiger partial charge in [0, 0.05) is 24.7 Å². The van der Waals surface area contributed by atoms with Crippen LogP contribution in [0.15, 0.2) is 48.5 Å². The highest BCUT2D eigenvalue weighted by Crippen LogP contribution is 2.21. The van der Waals surface area contributed by atoms with E-state index in [4.69, 9.17) is 0 Å². The summed E-state index contributed by atoms with van der Waals surface area (Å²) in [6.07, 6.45) is -0.0869. The van der Waals surface area contributed by atoms with E-state index in [0.717, 1.165) is 30.7 Å². The molecular formula is C21H25N5O3. The van der Waals surface area contributed by atoms with E-state index in [2.05, 4.69) is 29.0 Å². The van der Waals surface area contributed by atoms with Crippen molar-refractivity contribution in [3.05, 3.63) is 64.2 Å². The van der Waals surface area contributed by atoms with Crippen molar-refractivity contribution >= 4 is 28.6 Å². The number of rotatable bonds is 9. The lowest BCUT2D eigenvalue weighted by atomic mass is 10.1. The lowest BCUT2D eigenvalue weighted by Gasteiger charge is -2.19. The molecule has 3 aromatic rings. The molecule has 29 heavy (non-hydrogen) atoms. The highest BCUT2D eigenvalue weighted by Gasteiger charge is 2.18. The molecule has 8 heteroatoms. The summed E-state index contributed by atoms with van der Waals surface area (Å²) in [5, 5.41) is 14.0. The quantitative estimate of drug-likeness (QED) is 0.442. The molecule has 1 aromatic heterocycles. The highest BCUT2D eigenvalue weighted by molar-refractivity contribution is 5.93. The zero-order valence-electron chi connectivity index (χ0n) is 16.7. The number of carbonyl (C=O) groups excluding carboxylic acids is 1. The van der Waals surface area contributed by atoms with Crippen molar-refractivity contribution in [2.45, 2.75) is 26.8 Å². The number of carbonyl (C=O) groups is 1. The molecule has 1 heterocycles. The van der Waals surface area contributed by atoms with E-state index in [1.807, 2.05) is 28.8 Å². The van der Waals surface area contributed by atoms with Gasteiger partial charge in [-0.05, 0) is 25.2 Å². The summed E-state index contributed by atoms with van der Waals surface area (Å²) in [6, 6.07) is 14.0. The SMILES string of the molecule is CCN(CC)CCn1c(NC(=O)Cc2ccccc2[N+](=O)[O-])nc2ccccc21. The van der Waals surface area contributed by atoms with E-state index < -0.39 is 4.92 Å². The molecule has 0 spiro atoms. The van der Waals surface area contributed by atoms with Crippen LogP contribution in [0.1, 0.15) is 19.4 Å². The number of fused-ring (bicyclic) bond motifs is 1. The third-order valence-corrected chi connectivity index (χ3v) is 4.98. The minimum atomic E-state index is -0.470. The summed E-state index contributed by atoms with van der Waals surface area (Å²) in [5.41, 5.74) is 2.06. The lowest BCUT2D eigenvalue weighted by Crippen LogP contribution is -2.28. The fraction of sp³-hybridized carbons (Fsp3) is 0.333. The van der Waals surface area contributed by atoms with E-state index in [0.29, 0.717) is 18.1 Å². The van der Waals surface area contributed by atoms with Gasteiger partial charge in [0.05, 0.1) is 22.4 Å². The maximum absolute atomic E-state index is 12.6. The molecule has 0 saturated carbocycles. The zero-order valence-corrected chi connectivity index (χ0v) is 16.7. The standard InChI is InChI=1S/C21H25N5O3/c1-3-24(4-2)13-14-25-19-12-8-6-10-17(19)22-21(25)23-20(27)15-16-9-5-7-11-18(16)26(28)29/h5-12H,3-4,13-15H2,1-2H3,(H,22,23,27). The minimum absolute atomic E-state index is 0.0577. The van der Waals surface area contributed by atoms with Crippen LogP contribution in [0.3, 0.4) is 0 Å². The molecular weight excluding hydrogens is 370 g/mol. The molecule has 0 aliphatic rings. The second-order valence-electron chi connectivity index (χ2n) is 6.71. The second-order valence-corrected chi connectivity index (χ2v) is 6.71. The van der Waals surface area contributed by atoms with Gasteiger partial charge in [-0.3, -0.25) is 20.2 Å². The Morgan fingerprint density at radius 3 is 2.55 bits per heavy atom. The number of imidazole rings is 1. The van der Waals surface area contributed by atoms with Crippen LogP contribution >= 0.6 is 0 Å². The van der Waals surface area contributed by atoms with Gasteiger partial charge in [-0.2, -0.15) is 0 Å². The number of hydrogen-bond donors (Lipinski definition) is 1. The Kier molecular flexibility index (Phi) is 6.56. The number of nitro benzene ring substituents is 1.